The Labute approximate surface area is 78.1 Å². The van der Waals surface area contributed by atoms with Crippen molar-refractivity contribution in [3.8, 4) is 0 Å². The Morgan fingerprint density at radius 2 is 2.42 bits per heavy atom. The second-order valence-corrected chi connectivity index (χ2v) is 4.14. The summed E-state index contributed by atoms with van der Waals surface area (Å²) in [5.41, 5.74) is 8.64. The average molecular weight is 184 g/mol. The van der Waals surface area contributed by atoms with Crippen molar-refractivity contribution in [1.82, 2.24) is 0 Å². The van der Waals surface area contributed by atoms with Crippen LogP contribution in [0, 0.1) is 5.41 Å². The van der Waals surface area contributed by atoms with Crippen LogP contribution in [0.1, 0.15) is 26.2 Å². The summed E-state index contributed by atoms with van der Waals surface area (Å²) in [6.45, 7) is 2.10. The molecular formula is C9H16N2S. The van der Waals surface area contributed by atoms with Crippen LogP contribution in [-0.2, 0) is 0 Å². The van der Waals surface area contributed by atoms with Crippen molar-refractivity contribution >= 4 is 17.5 Å². The first-order chi connectivity index (χ1) is 5.75. The molecule has 3 heteroatoms. The molecule has 12 heavy (non-hydrogen) atoms. The zero-order valence-electron chi connectivity index (χ0n) is 7.52. The predicted molar refractivity (Wildman–Crippen MR) is 55.8 cm³/mol. The lowest BCUT2D eigenvalue weighted by Gasteiger charge is -2.17. The first-order valence-corrected chi connectivity index (χ1v) is 5.54. The van der Waals surface area contributed by atoms with Crippen molar-refractivity contribution in [2.24, 2.45) is 5.73 Å². The van der Waals surface area contributed by atoms with E-state index in [4.69, 9.17) is 11.1 Å². The predicted octanol–water partition coefficient (Wildman–Crippen LogP) is 2.16. The molecule has 0 saturated carbocycles. The summed E-state index contributed by atoms with van der Waals surface area (Å²) in [5.74, 6) is 2.05. The van der Waals surface area contributed by atoms with Gasteiger partial charge < -0.3 is 11.1 Å². The highest BCUT2D eigenvalue weighted by molar-refractivity contribution is 7.99. The van der Waals surface area contributed by atoms with Gasteiger partial charge in [0.05, 0.1) is 0 Å². The lowest BCUT2D eigenvalue weighted by atomic mass is 10.0. The Kier molecular flexibility index (Phi) is 3.66. The highest BCUT2D eigenvalue weighted by atomic mass is 32.2. The van der Waals surface area contributed by atoms with E-state index >= 15 is 0 Å². The van der Waals surface area contributed by atoms with Gasteiger partial charge in [0.25, 0.3) is 0 Å². The Balaban J connectivity index is 2.64. The molecule has 0 radical (unpaired) electrons. The second-order valence-electron chi connectivity index (χ2n) is 3.03. The van der Waals surface area contributed by atoms with Gasteiger partial charge >= 0.3 is 0 Å². The number of hydrogen-bond donors (Lipinski definition) is 2. The third-order valence-electron chi connectivity index (χ3n) is 2.01. The van der Waals surface area contributed by atoms with Crippen molar-refractivity contribution in [3.05, 3.63) is 11.3 Å². The van der Waals surface area contributed by atoms with Crippen molar-refractivity contribution in [2.45, 2.75) is 26.2 Å². The first kappa shape index (κ1) is 9.65. The molecule has 0 aromatic carbocycles. The zero-order valence-corrected chi connectivity index (χ0v) is 8.34. The minimum Gasteiger partial charge on any atom is -0.401 e. The fourth-order valence-electron chi connectivity index (χ4n) is 1.35. The average Bonchev–Trinajstić information content (AvgIpc) is 2.05. The Hall–Kier alpha value is -0.440. The molecule has 0 unspecified atom stereocenters. The fraction of sp³-hybridized carbons (Fsp3) is 0.667. The summed E-state index contributed by atoms with van der Waals surface area (Å²) < 4.78 is 0. The fourth-order valence-corrected chi connectivity index (χ4v) is 2.24. The van der Waals surface area contributed by atoms with Gasteiger partial charge in [-0.15, -0.1) is 0 Å². The molecule has 2 nitrogen and oxygen atoms in total. The van der Waals surface area contributed by atoms with Crippen LogP contribution in [0.4, 0.5) is 0 Å². The number of hydrogen-bond acceptors (Lipinski definition) is 3. The van der Waals surface area contributed by atoms with E-state index in [1.54, 1.807) is 0 Å². The molecule has 0 amide bonds. The number of thioether (sulfide) groups is 1. The SMILES string of the molecule is CCCC(=N)C1=C(N)CSCC1. The zero-order chi connectivity index (χ0) is 8.97. The Bertz CT molecular complexity index is 209. The number of nitrogens with one attached hydrogen (secondary N) is 1. The van der Waals surface area contributed by atoms with Gasteiger partial charge in [-0.2, -0.15) is 11.8 Å². The summed E-state index contributed by atoms with van der Waals surface area (Å²) in [5, 5.41) is 7.77. The van der Waals surface area contributed by atoms with E-state index < -0.39 is 0 Å². The molecule has 0 spiro atoms. The van der Waals surface area contributed by atoms with Crippen molar-refractivity contribution < 1.29 is 0 Å². The highest BCUT2D eigenvalue weighted by Crippen LogP contribution is 2.22. The minimum absolute atomic E-state index is 0.760. The summed E-state index contributed by atoms with van der Waals surface area (Å²) in [7, 11) is 0. The van der Waals surface area contributed by atoms with Gasteiger partial charge in [0.1, 0.15) is 0 Å². The van der Waals surface area contributed by atoms with E-state index in [1.807, 2.05) is 11.8 Å². The van der Waals surface area contributed by atoms with Crippen LogP contribution in [-0.4, -0.2) is 17.2 Å². The first-order valence-electron chi connectivity index (χ1n) is 4.38. The van der Waals surface area contributed by atoms with Gasteiger partial charge in [-0.05, 0) is 24.2 Å². The number of rotatable bonds is 3. The molecule has 1 aliphatic heterocycles. The molecule has 0 aromatic heterocycles. The standard InChI is InChI=1S/C9H16N2S/c1-2-3-8(10)7-4-5-12-6-9(7)11/h10H,2-6,11H2,1H3. The minimum atomic E-state index is 0.760. The molecule has 1 heterocycles. The van der Waals surface area contributed by atoms with Gasteiger partial charge in [-0.3, -0.25) is 0 Å². The van der Waals surface area contributed by atoms with E-state index in [1.165, 1.54) is 0 Å². The molecule has 1 rings (SSSR count). The van der Waals surface area contributed by atoms with Crippen LogP contribution in [0.25, 0.3) is 0 Å². The van der Waals surface area contributed by atoms with Crippen LogP contribution in [0.3, 0.4) is 0 Å². The van der Waals surface area contributed by atoms with Gasteiger partial charge in [0.2, 0.25) is 0 Å². The molecule has 0 atom stereocenters. The lowest BCUT2D eigenvalue weighted by Crippen LogP contribution is -2.16. The largest absolute Gasteiger partial charge is 0.401 e. The van der Waals surface area contributed by atoms with E-state index in [0.29, 0.717) is 0 Å². The molecule has 0 aromatic rings. The van der Waals surface area contributed by atoms with E-state index in [-0.39, 0.29) is 0 Å². The number of nitrogens with two attached hydrogens (primary N) is 1. The molecular weight excluding hydrogens is 168 g/mol. The van der Waals surface area contributed by atoms with E-state index in [0.717, 1.165) is 47.8 Å². The van der Waals surface area contributed by atoms with Gasteiger partial charge in [0.15, 0.2) is 0 Å². The molecule has 0 aliphatic carbocycles. The molecule has 68 valence electrons. The molecule has 0 bridgehead atoms. The highest BCUT2D eigenvalue weighted by Gasteiger charge is 2.13. The third-order valence-corrected chi connectivity index (χ3v) is 3.01. The third kappa shape index (κ3) is 2.27. The lowest BCUT2D eigenvalue weighted by molar-refractivity contribution is 0.963. The van der Waals surface area contributed by atoms with Crippen molar-refractivity contribution in [3.63, 3.8) is 0 Å². The van der Waals surface area contributed by atoms with E-state index in [9.17, 15) is 0 Å². The van der Waals surface area contributed by atoms with Crippen molar-refractivity contribution in [1.29, 1.82) is 5.41 Å². The van der Waals surface area contributed by atoms with Crippen LogP contribution in [0.15, 0.2) is 11.3 Å². The molecule has 3 N–H and O–H groups in total. The van der Waals surface area contributed by atoms with Crippen LogP contribution in [0.2, 0.25) is 0 Å². The maximum Gasteiger partial charge on any atom is 0.0363 e. The molecule has 0 fully saturated rings. The van der Waals surface area contributed by atoms with Crippen LogP contribution in [0.5, 0.6) is 0 Å². The molecule has 0 saturated heterocycles. The maximum atomic E-state index is 7.77. The normalized spacial score (nSPS) is 18.1. The van der Waals surface area contributed by atoms with Crippen molar-refractivity contribution in [2.75, 3.05) is 11.5 Å². The Morgan fingerprint density at radius 3 is 3.00 bits per heavy atom. The van der Waals surface area contributed by atoms with Gasteiger partial charge in [-0.1, -0.05) is 13.3 Å². The van der Waals surface area contributed by atoms with E-state index in [2.05, 4.69) is 6.92 Å². The monoisotopic (exact) mass is 184 g/mol. The number of allylic oxidation sites excluding steroid dienone is 1. The maximum absolute atomic E-state index is 7.77. The molecule has 1 aliphatic rings. The van der Waals surface area contributed by atoms with Crippen LogP contribution >= 0.6 is 11.8 Å². The summed E-state index contributed by atoms with van der Waals surface area (Å²) >= 11 is 1.86. The Morgan fingerprint density at radius 1 is 1.67 bits per heavy atom. The summed E-state index contributed by atoms with van der Waals surface area (Å²) in [6.07, 6.45) is 2.92. The van der Waals surface area contributed by atoms with Gasteiger partial charge in [0, 0.05) is 17.2 Å². The summed E-state index contributed by atoms with van der Waals surface area (Å²) in [6, 6.07) is 0. The smallest absolute Gasteiger partial charge is 0.0363 e. The summed E-state index contributed by atoms with van der Waals surface area (Å²) in [4.78, 5) is 0. The quantitative estimate of drug-likeness (QED) is 0.660. The second kappa shape index (κ2) is 4.55. The van der Waals surface area contributed by atoms with Crippen LogP contribution < -0.4 is 5.73 Å². The van der Waals surface area contributed by atoms with Gasteiger partial charge in [-0.25, -0.2) is 0 Å². The topological polar surface area (TPSA) is 49.9 Å².